The third-order valence-corrected chi connectivity index (χ3v) is 2.55. The SMILES string of the molecule is CC(=O)c1cc(NCCNC(=O)OC(C)(C)C)ccc1N. The average Bonchev–Trinajstić information content (AvgIpc) is 2.34. The molecule has 1 aromatic carbocycles. The molecule has 116 valence electrons. The zero-order valence-corrected chi connectivity index (χ0v) is 12.9. The van der Waals surface area contributed by atoms with Gasteiger partial charge < -0.3 is 21.1 Å². The Morgan fingerprint density at radius 2 is 1.90 bits per heavy atom. The number of anilines is 2. The first-order valence-corrected chi connectivity index (χ1v) is 6.80. The van der Waals surface area contributed by atoms with Crippen LogP contribution in [0, 0.1) is 0 Å². The second-order valence-corrected chi connectivity index (χ2v) is 5.71. The third-order valence-electron chi connectivity index (χ3n) is 2.55. The van der Waals surface area contributed by atoms with Crippen LogP contribution in [0.5, 0.6) is 0 Å². The number of Topliss-reactive ketones (excluding diaryl/α,β-unsaturated/α-hetero) is 1. The van der Waals surface area contributed by atoms with Crippen molar-refractivity contribution < 1.29 is 14.3 Å². The van der Waals surface area contributed by atoms with Crippen LogP contribution in [0.15, 0.2) is 18.2 Å². The van der Waals surface area contributed by atoms with Gasteiger partial charge in [0.15, 0.2) is 5.78 Å². The van der Waals surface area contributed by atoms with Crippen LogP contribution in [0.3, 0.4) is 0 Å². The topological polar surface area (TPSA) is 93.5 Å². The molecule has 6 heteroatoms. The van der Waals surface area contributed by atoms with Gasteiger partial charge in [-0.1, -0.05) is 0 Å². The van der Waals surface area contributed by atoms with E-state index in [2.05, 4.69) is 10.6 Å². The quantitative estimate of drug-likeness (QED) is 0.440. The summed E-state index contributed by atoms with van der Waals surface area (Å²) in [6, 6.07) is 5.17. The lowest BCUT2D eigenvalue weighted by Gasteiger charge is -2.19. The number of rotatable bonds is 5. The fraction of sp³-hybridized carbons (Fsp3) is 0.467. The molecular formula is C15H23N3O3. The first-order valence-electron chi connectivity index (χ1n) is 6.80. The van der Waals surface area contributed by atoms with E-state index in [9.17, 15) is 9.59 Å². The Morgan fingerprint density at radius 1 is 1.24 bits per heavy atom. The molecule has 1 rings (SSSR count). The standard InChI is InChI=1S/C15H23N3O3/c1-10(19)12-9-11(5-6-13(12)16)17-7-8-18-14(20)21-15(2,3)4/h5-6,9,17H,7-8,16H2,1-4H3,(H,18,20). The Kier molecular flexibility index (Phi) is 5.58. The number of nitrogens with one attached hydrogen (secondary N) is 2. The number of carbonyl (C=O) groups is 2. The van der Waals surface area contributed by atoms with Gasteiger partial charge in [0.05, 0.1) is 0 Å². The molecule has 0 aromatic heterocycles. The number of nitrogen functional groups attached to an aromatic ring is 1. The van der Waals surface area contributed by atoms with Crippen molar-refractivity contribution >= 4 is 23.3 Å². The second-order valence-electron chi connectivity index (χ2n) is 5.71. The average molecular weight is 293 g/mol. The van der Waals surface area contributed by atoms with E-state index in [0.717, 1.165) is 5.69 Å². The van der Waals surface area contributed by atoms with Gasteiger partial charge in [0.1, 0.15) is 5.60 Å². The van der Waals surface area contributed by atoms with Crippen LogP contribution in [-0.2, 0) is 4.74 Å². The maximum Gasteiger partial charge on any atom is 0.407 e. The van der Waals surface area contributed by atoms with E-state index in [-0.39, 0.29) is 5.78 Å². The van der Waals surface area contributed by atoms with E-state index in [1.165, 1.54) is 6.92 Å². The maximum atomic E-state index is 11.4. The molecule has 1 amide bonds. The van der Waals surface area contributed by atoms with Crippen molar-refractivity contribution in [2.24, 2.45) is 0 Å². The van der Waals surface area contributed by atoms with E-state index < -0.39 is 11.7 Å². The summed E-state index contributed by atoms with van der Waals surface area (Å²) in [6.07, 6.45) is -0.453. The van der Waals surface area contributed by atoms with Crippen molar-refractivity contribution in [3.8, 4) is 0 Å². The number of benzene rings is 1. The molecule has 0 heterocycles. The molecule has 0 saturated heterocycles. The largest absolute Gasteiger partial charge is 0.444 e. The Hall–Kier alpha value is -2.24. The number of carbonyl (C=O) groups excluding carboxylic acids is 2. The van der Waals surface area contributed by atoms with Crippen LogP contribution < -0.4 is 16.4 Å². The van der Waals surface area contributed by atoms with E-state index in [1.54, 1.807) is 18.2 Å². The lowest BCUT2D eigenvalue weighted by atomic mass is 10.1. The van der Waals surface area contributed by atoms with Crippen molar-refractivity contribution in [1.29, 1.82) is 0 Å². The van der Waals surface area contributed by atoms with Crippen molar-refractivity contribution in [2.75, 3.05) is 24.1 Å². The molecule has 0 bridgehead atoms. The van der Waals surface area contributed by atoms with Crippen LogP contribution >= 0.6 is 0 Å². The van der Waals surface area contributed by atoms with Gasteiger partial charge in [-0.25, -0.2) is 4.79 Å². The zero-order chi connectivity index (χ0) is 16.0. The van der Waals surface area contributed by atoms with E-state index in [1.807, 2.05) is 20.8 Å². The monoisotopic (exact) mass is 293 g/mol. The molecule has 1 aromatic rings. The Balaban J connectivity index is 2.41. The molecule has 0 saturated carbocycles. The summed E-state index contributed by atoms with van der Waals surface area (Å²) in [6.45, 7) is 7.82. The molecule has 4 N–H and O–H groups in total. The van der Waals surface area contributed by atoms with Gasteiger partial charge in [-0.15, -0.1) is 0 Å². The number of hydrogen-bond donors (Lipinski definition) is 3. The number of amides is 1. The molecule has 6 nitrogen and oxygen atoms in total. The lowest BCUT2D eigenvalue weighted by molar-refractivity contribution is 0.0530. The molecule has 0 aliphatic rings. The first kappa shape index (κ1) is 16.8. The Bertz CT molecular complexity index is 521. The highest BCUT2D eigenvalue weighted by atomic mass is 16.6. The summed E-state index contributed by atoms with van der Waals surface area (Å²) >= 11 is 0. The minimum absolute atomic E-state index is 0.0805. The number of hydrogen-bond acceptors (Lipinski definition) is 5. The van der Waals surface area contributed by atoms with Gasteiger partial charge in [-0.05, 0) is 45.9 Å². The molecule has 0 radical (unpaired) electrons. The van der Waals surface area contributed by atoms with Gasteiger partial charge >= 0.3 is 6.09 Å². The van der Waals surface area contributed by atoms with Crippen LogP contribution in [-0.4, -0.2) is 30.6 Å². The summed E-state index contributed by atoms with van der Waals surface area (Å²) in [5.41, 5.74) is 6.94. The first-order chi connectivity index (χ1) is 9.69. The molecule has 0 spiro atoms. The smallest absolute Gasteiger partial charge is 0.407 e. The highest BCUT2D eigenvalue weighted by Crippen LogP contribution is 2.18. The molecule has 0 aliphatic carbocycles. The molecule has 0 fully saturated rings. The fourth-order valence-corrected chi connectivity index (χ4v) is 1.66. The van der Waals surface area contributed by atoms with Crippen LogP contribution in [0.2, 0.25) is 0 Å². The predicted octanol–water partition coefficient (Wildman–Crippen LogP) is 2.41. The molecule has 21 heavy (non-hydrogen) atoms. The normalized spacial score (nSPS) is 10.9. The van der Waals surface area contributed by atoms with Gasteiger partial charge in [0, 0.05) is 30.0 Å². The predicted molar refractivity (Wildman–Crippen MR) is 83.6 cm³/mol. The minimum atomic E-state index is -0.509. The zero-order valence-electron chi connectivity index (χ0n) is 12.9. The van der Waals surface area contributed by atoms with Crippen LogP contribution in [0.25, 0.3) is 0 Å². The number of alkyl carbamates (subject to hydrolysis) is 1. The van der Waals surface area contributed by atoms with Crippen LogP contribution in [0.4, 0.5) is 16.2 Å². The number of ketones is 1. The van der Waals surface area contributed by atoms with Crippen molar-refractivity contribution in [3.05, 3.63) is 23.8 Å². The van der Waals surface area contributed by atoms with Gasteiger partial charge in [0.25, 0.3) is 0 Å². The van der Waals surface area contributed by atoms with E-state index in [0.29, 0.717) is 24.3 Å². The highest BCUT2D eigenvalue weighted by molar-refractivity contribution is 6.00. The Morgan fingerprint density at radius 3 is 2.48 bits per heavy atom. The number of ether oxygens (including phenoxy) is 1. The summed E-state index contributed by atoms with van der Waals surface area (Å²) < 4.78 is 5.12. The van der Waals surface area contributed by atoms with Crippen molar-refractivity contribution in [1.82, 2.24) is 5.32 Å². The molecule has 0 aliphatic heterocycles. The van der Waals surface area contributed by atoms with Crippen molar-refractivity contribution in [3.63, 3.8) is 0 Å². The molecule has 0 atom stereocenters. The molecular weight excluding hydrogens is 270 g/mol. The second kappa shape index (κ2) is 6.97. The summed E-state index contributed by atoms with van der Waals surface area (Å²) in [7, 11) is 0. The van der Waals surface area contributed by atoms with Gasteiger partial charge in [-0.2, -0.15) is 0 Å². The summed E-state index contributed by atoms with van der Waals surface area (Å²) in [5, 5.41) is 5.75. The minimum Gasteiger partial charge on any atom is -0.444 e. The maximum absolute atomic E-state index is 11.4. The highest BCUT2D eigenvalue weighted by Gasteiger charge is 2.15. The summed E-state index contributed by atoms with van der Waals surface area (Å²) in [5.74, 6) is -0.0805. The van der Waals surface area contributed by atoms with Crippen molar-refractivity contribution in [2.45, 2.75) is 33.3 Å². The number of nitrogens with two attached hydrogens (primary N) is 1. The molecule has 0 unspecified atom stereocenters. The van der Waals surface area contributed by atoms with Crippen LogP contribution in [0.1, 0.15) is 38.1 Å². The van der Waals surface area contributed by atoms with Gasteiger partial charge in [0.2, 0.25) is 0 Å². The van der Waals surface area contributed by atoms with Gasteiger partial charge in [-0.3, -0.25) is 4.79 Å². The van der Waals surface area contributed by atoms with E-state index >= 15 is 0 Å². The fourth-order valence-electron chi connectivity index (χ4n) is 1.66. The third kappa shape index (κ3) is 6.16. The lowest BCUT2D eigenvalue weighted by Crippen LogP contribution is -2.35. The summed E-state index contributed by atoms with van der Waals surface area (Å²) in [4.78, 5) is 22.8. The van der Waals surface area contributed by atoms with E-state index in [4.69, 9.17) is 10.5 Å². The Labute approximate surface area is 125 Å².